The van der Waals surface area contributed by atoms with Gasteiger partial charge in [0.1, 0.15) is 23.4 Å². The highest BCUT2D eigenvalue weighted by molar-refractivity contribution is 5.34. The second-order valence-electron chi connectivity index (χ2n) is 10.5. The summed E-state index contributed by atoms with van der Waals surface area (Å²) in [6.07, 6.45) is 5.01. The highest BCUT2D eigenvalue weighted by Crippen LogP contribution is 2.50. The fraction of sp³-hybridized carbons (Fsp3) is 0.400. The van der Waals surface area contributed by atoms with Crippen LogP contribution in [0.2, 0.25) is 0 Å². The number of benzene rings is 3. The number of piperidine rings is 1. The number of nitrogens with zero attached hydrogens (tertiary/aromatic N) is 1. The van der Waals surface area contributed by atoms with E-state index in [1.807, 2.05) is 42.5 Å². The van der Waals surface area contributed by atoms with Gasteiger partial charge in [0.05, 0.1) is 0 Å². The Hall–Kier alpha value is -2.82. The van der Waals surface area contributed by atoms with Gasteiger partial charge < -0.3 is 14.8 Å². The molecule has 0 radical (unpaired) electrons. The van der Waals surface area contributed by atoms with Crippen LogP contribution in [0.15, 0.2) is 78.9 Å². The Morgan fingerprint density at radius 1 is 0.765 bits per heavy atom. The van der Waals surface area contributed by atoms with Gasteiger partial charge >= 0.3 is 0 Å². The number of rotatable bonds is 8. The Morgan fingerprint density at radius 2 is 1.32 bits per heavy atom. The molecule has 0 saturated carbocycles. The predicted molar refractivity (Wildman–Crippen MR) is 137 cm³/mol. The summed E-state index contributed by atoms with van der Waals surface area (Å²) >= 11 is 0. The maximum atomic E-state index is 6.52. The summed E-state index contributed by atoms with van der Waals surface area (Å²) in [6.45, 7) is 6.37. The third-order valence-electron chi connectivity index (χ3n) is 7.89. The Balaban J connectivity index is 1.15. The molecule has 2 bridgehead atoms. The molecule has 3 aromatic carbocycles. The standard InChI is InChI=1S/C30H36N2O2/c1-29-15-16-30(2,32(29)3)20-28(19-29)34-27-14-8-10-24(18-27)22-31-21-23-9-7-13-26(17-23)33-25-11-5-4-6-12-25/h4-14,17-18,28,31H,15-16,19-22H2,1-3H3/t28?,29-,30+. The molecule has 0 aromatic heterocycles. The van der Waals surface area contributed by atoms with Crippen LogP contribution in [0.5, 0.6) is 17.2 Å². The number of fused-ring (bicyclic) bond motifs is 2. The number of para-hydroxylation sites is 1. The van der Waals surface area contributed by atoms with Crippen LogP contribution in [0.3, 0.4) is 0 Å². The molecular weight excluding hydrogens is 420 g/mol. The smallest absolute Gasteiger partial charge is 0.127 e. The normalized spacial score (nSPS) is 26.4. The molecular formula is C30H36N2O2. The van der Waals surface area contributed by atoms with Gasteiger partial charge in [-0.3, -0.25) is 4.90 Å². The summed E-state index contributed by atoms with van der Waals surface area (Å²) in [4.78, 5) is 2.60. The van der Waals surface area contributed by atoms with Gasteiger partial charge in [0.15, 0.2) is 0 Å². The molecule has 0 aliphatic carbocycles. The Kier molecular flexibility index (Phi) is 6.37. The first-order valence-electron chi connectivity index (χ1n) is 12.4. The molecule has 2 heterocycles. The SMILES string of the molecule is CN1[C@@]2(C)CC[C@]1(C)CC(Oc1cccc(CNCc3cccc(Oc4ccccc4)c3)c1)C2. The Labute approximate surface area is 203 Å². The first-order chi connectivity index (χ1) is 16.4. The predicted octanol–water partition coefficient (Wildman–Crippen LogP) is 6.55. The van der Waals surface area contributed by atoms with Gasteiger partial charge in [-0.05, 0) is 81.3 Å². The minimum absolute atomic E-state index is 0.260. The largest absolute Gasteiger partial charge is 0.490 e. The molecule has 178 valence electrons. The monoisotopic (exact) mass is 456 g/mol. The van der Waals surface area contributed by atoms with Crippen molar-refractivity contribution < 1.29 is 9.47 Å². The highest BCUT2D eigenvalue weighted by atomic mass is 16.5. The van der Waals surface area contributed by atoms with E-state index < -0.39 is 0 Å². The summed E-state index contributed by atoms with van der Waals surface area (Å²) in [7, 11) is 2.29. The van der Waals surface area contributed by atoms with E-state index in [4.69, 9.17) is 9.47 Å². The lowest BCUT2D eigenvalue weighted by atomic mass is 9.84. The van der Waals surface area contributed by atoms with Gasteiger partial charge in [0.25, 0.3) is 0 Å². The van der Waals surface area contributed by atoms with Gasteiger partial charge in [-0.25, -0.2) is 0 Å². The van der Waals surface area contributed by atoms with Gasteiger partial charge in [0.2, 0.25) is 0 Å². The first kappa shape index (κ1) is 22.9. The van der Waals surface area contributed by atoms with Crippen LogP contribution in [0.25, 0.3) is 0 Å². The Morgan fingerprint density at radius 3 is 1.97 bits per heavy atom. The third kappa shape index (κ3) is 4.98. The van der Waals surface area contributed by atoms with Crippen LogP contribution >= 0.6 is 0 Å². The van der Waals surface area contributed by atoms with E-state index in [9.17, 15) is 0 Å². The first-order valence-corrected chi connectivity index (χ1v) is 12.4. The maximum absolute atomic E-state index is 6.52. The van der Waals surface area contributed by atoms with Crippen LogP contribution < -0.4 is 14.8 Å². The molecule has 3 atom stereocenters. The van der Waals surface area contributed by atoms with E-state index in [0.29, 0.717) is 0 Å². The second-order valence-corrected chi connectivity index (χ2v) is 10.5. The zero-order valence-corrected chi connectivity index (χ0v) is 20.6. The van der Waals surface area contributed by atoms with Crippen molar-refractivity contribution in [2.24, 2.45) is 0 Å². The zero-order chi connectivity index (χ0) is 23.6. The zero-order valence-electron chi connectivity index (χ0n) is 20.6. The van der Waals surface area contributed by atoms with Crippen LogP contribution in [-0.2, 0) is 13.1 Å². The average Bonchev–Trinajstić information content (AvgIpc) is 2.95. The highest BCUT2D eigenvalue weighted by Gasteiger charge is 2.54. The molecule has 5 rings (SSSR count). The van der Waals surface area contributed by atoms with E-state index in [-0.39, 0.29) is 17.2 Å². The van der Waals surface area contributed by atoms with Crippen molar-refractivity contribution in [3.8, 4) is 17.2 Å². The molecule has 0 spiro atoms. The molecule has 2 aliphatic heterocycles. The molecule has 0 amide bonds. The lowest BCUT2D eigenvalue weighted by Crippen LogP contribution is -2.57. The van der Waals surface area contributed by atoms with Gasteiger partial charge in [-0.15, -0.1) is 0 Å². The van der Waals surface area contributed by atoms with E-state index in [2.05, 4.69) is 67.5 Å². The van der Waals surface area contributed by atoms with Crippen LogP contribution in [-0.4, -0.2) is 29.1 Å². The van der Waals surface area contributed by atoms with Crippen LogP contribution in [0.4, 0.5) is 0 Å². The maximum Gasteiger partial charge on any atom is 0.127 e. The molecule has 4 nitrogen and oxygen atoms in total. The van der Waals surface area contributed by atoms with Crippen molar-refractivity contribution in [1.29, 1.82) is 0 Å². The van der Waals surface area contributed by atoms with Crippen molar-refractivity contribution in [2.75, 3.05) is 7.05 Å². The third-order valence-corrected chi connectivity index (χ3v) is 7.89. The number of nitrogens with one attached hydrogen (secondary N) is 1. The van der Waals surface area contributed by atoms with Gasteiger partial charge in [-0.2, -0.15) is 0 Å². The number of ether oxygens (including phenoxy) is 2. The lowest BCUT2D eigenvalue weighted by molar-refractivity contribution is -0.0250. The molecule has 2 saturated heterocycles. The second kappa shape index (κ2) is 9.44. The molecule has 2 fully saturated rings. The fourth-order valence-corrected chi connectivity index (χ4v) is 5.76. The molecule has 3 aromatic rings. The van der Waals surface area contributed by atoms with Crippen LogP contribution in [0.1, 0.15) is 50.7 Å². The molecule has 4 heteroatoms. The lowest BCUT2D eigenvalue weighted by Gasteiger charge is -2.49. The van der Waals surface area contributed by atoms with Crippen LogP contribution in [0, 0.1) is 0 Å². The minimum Gasteiger partial charge on any atom is -0.490 e. The van der Waals surface area contributed by atoms with E-state index in [0.717, 1.165) is 43.2 Å². The fourth-order valence-electron chi connectivity index (χ4n) is 5.76. The summed E-state index contributed by atoms with van der Waals surface area (Å²) in [6, 6.07) is 26.7. The van der Waals surface area contributed by atoms with Crippen molar-refractivity contribution in [3.63, 3.8) is 0 Å². The number of hydrogen-bond acceptors (Lipinski definition) is 4. The topological polar surface area (TPSA) is 33.7 Å². The average molecular weight is 457 g/mol. The van der Waals surface area contributed by atoms with Crippen molar-refractivity contribution in [2.45, 2.75) is 69.8 Å². The molecule has 2 aliphatic rings. The molecule has 34 heavy (non-hydrogen) atoms. The van der Waals surface area contributed by atoms with Crippen molar-refractivity contribution in [3.05, 3.63) is 90.0 Å². The van der Waals surface area contributed by atoms with E-state index in [1.54, 1.807) is 0 Å². The minimum atomic E-state index is 0.260. The van der Waals surface area contributed by atoms with Crippen molar-refractivity contribution >= 4 is 0 Å². The molecule has 1 N–H and O–H groups in total. The number of hydrogen-bond donors (Lipinski definition) is 1. The van der Waals surface area contributed by atoms with Crippen molar-refractivity contribution in [1.82, 2.24) is 10.2 Å². The summed E-state index contributed by atoms with van der Waals surface area (Å²) in [5, 5.41) is 3.56. The van der Waals surface area contributed by atoms with E-state index >= 15 is 0 Å². The summed E-state index contributed by atoms with van der Waals surface area (Å²) in [5.41, 5.74) is 2.96. The van der Waals surface area contributed by atoms with Gasteiger partial charge in [0, 0.05) is 37.0 Å². The quantitative estimate of drug-likeness (QED) is 0.417. The van der Waals surface area contributed by atoms with Gasteiger partial charge in [-0.1, -0.05) is 42.5 Å². The summed E-state index contributed by atoms with van der Waals surface area (Å²) in [5.74, 6) is 2.69. The molecule has 1 unspecified atom stereocenters. The van der Waals surface area contributed by atoms with E-state index in [1.165, 1.54) is 24.0 Å². The Bertz CT molecular complexity index is 1100. The summed E-state index contributed by atoms with van der Waals surface area (Å²) < 4.78 is 12.5.